The molecule has 0 bridgehead atoms. The molecule has 0 spiro atoms. The first-order valence-corrected chi connectivity index (χ1v) is 10.5. The van der Waals surface area contributed by atoms with Crippen LogP contribution >= 0.6 is 0 Å². The van der Waals surface area contributed by atoms with E-state index in [0.29, 0.717) is 0 Å². The van der Waals surface area contributed by atoms with Crippen LogP contribution in [0.3, 0.4) is 0 Å². The molecule has 4 aromatic rings. The van der Waals surface area contributed by atoms with Crippen molar-refractivity contribution in [3.8, 4) is 22.8 Å². The Hall–Kier alpha value is -2.87. The molecule has 1 aromatic heterocycles. The summed E-state index contributed by atoms with van der Waals surface area (Å²) < 4.78 is 6.64. The van der Waals surface area contributed by atoms with Crippen LogP contribution in [0.25, 0.3) is 32.8 Å². The van der Waals surface area contributed by atoms with Crippen LogP contribution in [0.15, 0.2) is 48.7 Å². The maximum atomic E-state index is 6.64. The van der Waals surface area contributed by atoms with Crippen LogP contribution in [0.5, 0.6) is 11.5 Å². The van der Waals surface area contributed by atoms with Crippen molar-refractivity contribution in [3.05, 3.63) is 65.4 Å². The molecule has 2 heteroatoms. The third kappa shape index (κ3) is 2.09. The van der Waals surface area contributed by atoms with Gasteiger partial charge in [0.15, 0.2) is 0 Å². The molecule has 0 saturated heterocycles. The number of rotatable bonds is 0. The van der Waals surface area contributed by atoms with Gasteiger partial charge in [0.25, 0.3) is 0 Å². The van der Waals surface area contributed by atoms with Gasteiger partial charge in [0.1, 0.15) is 11.5 Å². The Labute approximate surface area is 171 Å². The Kier molecular flexibility index (Phi) is 3.04. The van der Waals surface area contributed by atoms with E-state index in [2.05, 4.69) is 77.1 Å². The highest BCUT2D eigenvalue weighted by atomic mass is 16.5. The number of hydrogen-bond acceptors (Lipinski definition) is 2. The monoisotopic (exact) mass is 379 g/mol. The van der Waals surface area contributed by atoms with E-state index in [4.69, 9.17) is 9.72 Å². The lowest BCUT2D eigenvalue weighted by Crippen LogP contribution is -2.18. The molecule has 1 aliphatic carbocycles. The Morgan fingerprint density at radius 3 is 2.55 bits per heavy atom. The first-order valence-electron chi connectivity index (χ1n) is 10.5. The summed E-state index contributed by atoms with van der Waals surface area (Å²) in [6.07, 6.45) is 3.12. The van der Waals surface area contributed by atoms with Gasteiger partial charge < -0.3 is 4.74 Å². The number of hydrogen-bond donors (Lipinski definition) is 0. The van der Waals surface area contributed by atoms with E-state index in [9.17, 15) is 0 Å². The molecule has 29 heavy (non-hydrogen) atoms. The van der Waals surface area contributed by atoms with Gasteiger partial charge in [-0.25, -0.2) is 0 Å². The van der Waals surface area contributed by atoms with Crippen LogP contribution in [0, 0.1) is 6.92 Å². The molecular weight excluding hydrogens is 354 g/mol. The summed E-state index contributed by atoms with van der Waals surface area (Å²) in [6.45, 7) is 11.6. The molecule has 0 N–H and O–H groups in total. The van der Waals surface area contributed by atoms with Gasteiger partial charge in [-0.15, -0.1) is 0 Å². The minimum atomic E-state index is 0.134. The fraction of sp³-hybridized carbons (Fsp3) is 0.296. The van der Waals surface area contributed by atoms with Gasteiger partial charge in [-0.1, -0.05) is 52.0 Å². The molecule has 0 radical (unpaired) electrons. The van der Waals surface area contributed by atoms with Crippen LogP contribution in [0.2, 0.25) is 0 Å². The molecule has 0 atom stereocenters. The van der Waals surface area contributed by atoms with E-state index in [1.54, 1.807) is 0 Å². The standard InChI is InChI=1S/C27H25NO/c1-15-17-9-7-6-8-16(17)12-19-24-22-18(10-11-28-24)23-20(13-21(22)29-25(15)19)26(2,3)14-27(23,4)5/h6-13H,14H2,1-5H3. The van der Waals surface area contributed by atoms with E-state index in [1.807, 2.05) is 6.20 Å². The van der Waals surface area contributed by atoms with Crippen LogP contribution in [0.1, 0.15) is 50.8 Å². The number of pyridine rings is 1. The third-order valence-electron chi connectivity index (χ3n) is 7.02. The summed E-state index contributed by atoms with van der Waals surface area (Å²) in [5.74, 6) is 1.91. The summed E-state index contributed by atoms with van der Waals surface area (Å²) in [5, 5.41) is 4.94. The SMILES string of the molecule is Cc1c2c(cc3ccccc13)-c1nccc3c4c(cc(c13)O2)C(C)(C)CC4(C)C. The highest BCUT2D eigenvalue weighted by molar-refractivity contribution is 6.07. The minimum absolute atomic E-state index is 0.134. The molecular formula is C27H25NO. The molecule has 0 saturated carbocycles. The zero-order valence-corrected chi connectivity index (χ0v) is 17.7. The third-order valence-corrected chi connectivity index (χ3v) is 7.02. The zero-order chi connectivity index (χ0) is 20.1. The number of aryl methyl sites for hydroxylation is 1. The number of aromatic nitrogens is 1. The molecule has 1 aliphatic heterocycles. The average molecular weight is 380 g/mol. The minimum Gasteiger partial charge on any atom is -0.456 e. The maximum Gasteiger partial charge on any atom is 0.140 e. The van der Waals surface area contributed by atoms with Gasteiger partial charge >= 0.3 is 0 Å². The summed E-state index contributed by atoms with van der Waals surface area (Å²) in [5.41, 5.74) is 6.50. The zero-order valence-electron chi connectivity index (χ0n) is 17.7. The van der Waals surface area contributed by atoms with E-state index in [1.165, 1.54) is 38.2 Å². The van der Waals surface area contributed by atoms with Gasteiger partial charge in [0, 0.05) is 17.3 Å². The first kappa shape index (κ1) is 17.0. The number of fused-ring (bicyclic) bond motifs is 5. The summed E-state index contributed by atoms with van der Waals surface area (Å²) in [7, 11) is 0. The fourth-order valence-electron chi connectivity index (χ4n) is 6.10. The summed E-state index contributed by atoms with van der Waals surface area (Å²) >= 11 is 0. The normalized spacial score (nSPS) is 17.8. The van der Waals surface area contributed by atoms with Crippen LogP contribution < -0.4 is 4.74 Å². The van der Waals surface area contributed by atoms with Crippen molar-refractivity contribution in [2.75, 3.05) is 0 Å². The molecule has 0 unspecified atom stereocenters. The summed E-state index contributed by atoms with van der Waals surface area (Å²) in [6, 6.07) is 15.3. The molecule has 0 fully saturated rings. The van der Waals surface area contributed by atoms with Crippen molar-refractivity contribution in [3.63, 3.8) is 0 Å². The van der Waals surface area contributed by atoms with Crippen molar-refractivity contribution >= 4 is 21.5 Å². The number of nitrogens with zero attached hydrogens (tertiary/aromatic N) is 1. The maximum absolute atomic E-state index is 6.64. The predicted octanol–water partition coefficient (Wildman–Crippen LogP) is 7.43. The van der Waals surface area contributed by atoms with Gasteiger partial charge in [0.05, 0.1) is 11.1 Å². The van der Waals surface area contributed by atoms with Crippen LogP contribution in [0.4, 0.5) is 0 Å². The second-order valence-electron chi connectivity index (χ2n) is 10.0. The van der Waals surface area contributed by atoms with Gasteiger partial charge in [-0.2, -0.15) is 0 Å². The Bertz CT molecular complexity index is 1360. The lowest BCUT2D eigenvalue weighted by atomic mass is 9.81. The molecule has 0 amide bonds. The smallest absolute Gasteiger partial charge is 0.140 e. The van der Waals surface area contributed by atoms with E-state index >= 15 is 0 Å². The first-order chi connectivity index (χ1) is 13.8. The second-order valence-corrected chi connectivity index (χ2v) is 10.0. The summed E-state index contributed by atoms with van der Waals surface area (Å²) in [4.78, 5) is 4.86. The Balaban J connectivity index is 1.77. The molecule has 2 heterocycles. The second kappa shape index (κ2) is 5.18. The van der Waals surface area contributed by atoms with Gasteiger partial charge in [-0.3, -0.25) is 4.98 Å². The number of ether oxygens (including phenoxy) is 1. The van der Waals surface area contributed by atoms with E-state index in [0.717, 1.165) is 29.2 Å². The molecule has 6 rings (SSSR count). The van der Waals surface area contributed by atoms with E-state index < -0.39 is 0 Å². The average Bonchev–Trinajstić information content (AvgIpc) is 2.87. The Morgan fingerprint density at radius 2 is 1.72 bits per heavy atom. The van der Waals surface area contributed by atoms with Crippen LogP contribution in [-0.2, 0) is 10.8 Å². The highest BCUT2D eigenvalue weighted by Crippen LogP contribution is 2.57. The predicted molar refractivity (Wildman–Crippen MR) is 120 cm³/mol. The van der Waals surface area contributed by atoms with Crippen molar-refractivity contribution < 1.29 is 4.74 Å². The molecule has 3 aromatic carbocycles. The van der Waals surface area contributed by atoms with Crippen molar-refractivity contribution in [1.82, 2.24) is 4.98 Å². The van der Waals surface area contributed by atoms with E-state index in [-0.39, 0.29) is 10.8 Å². The number of benzene rings is 3. The largest absolute Gasteiger partial charge is 0.456 e. The molecule has 144 valence electrons. The van der Waals surface area contributed by atoms with Gasteiger partial charge in [0.2, 0.25) is 0 Å². The fourth-order valence-corrected chi connectivity index (χ4v) is 6.10. The topological polar surface area (TPSA) is 22.1 Å². The lowest BCUT2D eigenvalue weighted by molar-refractivity contribution is 0.403. The van der Waals surface area contributed by atoms with Crippen molar-refractivity contribution in [2.45, 2.75) is 51.9 Å². The van der Waals surface area contributed by atoms with Crippen molar-refractivity contribution in [2.24, 2.45) is 0 Å². The lowest BCUT2D eigenvalue weighted by Gasteiger charge is -2.27. The molecule has 2 aliphatic rings. The van der Waals surface area contributed by atoms with Gasteiger partial charge in [-0.05, 0) is 69.7 Å². The quantitative estimate of drug-likeness (QED) is 0.279. The Morgan fingerprint density at radius 1 is 0.931 bits per heavy atom. The van der Waals surface area contributed by atoms with Crippen molar-refractivity contribution in [1.29, 1.82) is 0 Å². The van der Waals surface area contributed by atoms with Crippen LogP contribution in [-0.4, -0.2) is 4.98 Å². The highest BCUT2D eigenvalue weighted by Gasteiger charge is 2.44. The molecule has 2 nitrogen and oxygen atoms in total.